The van der Waals surface area contributed by atoms with Crippen LogP contribution in [0.3, 0.4) is 0 Å². The Hall–Kier alpha value is -3.97. The molecule has 2 aromatic carbocycles. The van der Waals surface area contributed by atoms with Crippen LogP contribution in [0, 0.1) is 20.8 Å². The van der Waals surface area contributed by atoms with Crippen LogP contribution in [0.1, 0.15) is 48.0 Å². The van der Waals surface area contributed by atoms with Gasteiger partial charge in [-0.05, 0) is 70.0 Å². The highest BCUT2D eigenvalue weighted by molar-refractivity contribution is 7.07. The Morgan fingerprint density at radius 1 is 1.05 bits per heavy atom. The maximum Gasteiger partial charge on any atom is 0.338 e. The fourth-order valence-electron chi connectivity index (χ4n) is 4.91. The molecule has 0 aliphatic carbocycles. The second-order valence-electron chi connectivity index (χ2n) is 9.21. The van der Waals surface area contributed by atoms with Gasteiger partial charge in [-0.15, -0.1) is 0 Å². The highest BCUT2D eigenvalue weighted by atomic mass is 32.1. The van der Waals surface area contributed by atoms with Crippen molar-refractivity contribution in [2.45, 2.75) is 40.7 Å². The van der Waals surface area contributed by atoms with E-state index in [4.69, 9.17) is 4.74 Å². The summed E-state index contributed by atoms with van der Waals surface area (Å²) in [5.74, 6) is -0.450. The molecule has 2 aromatic heterocycles. The smallest absolute Gasteiger partial charge is 0.338 e. The van der Waals surface area contributed by atoms with E-state index in [0.29, 0.717) is 20.6 Å². The molecule has 0 radical (unpaired) electrons. The zero-order valence-electron chi connectivity index (χ0n) is 21.6. The van der Waals surface area contributed by atoms with E-state index in [1.807, 2.05) is 36.4 Å². The Labute approximate surface area is 219 Å². The van der Waals surface area contributed by atoms with E-state index in [-0.39, 0.29) is 12.2 Å². The Balaban J connectivity index is 1.68. The van der Waals surface area contributed by atoms with Crippen molar-refractivity contribution in [1.29, 1.82) is 0 Å². The number of carbonyl (C=O) groups is 1. The second kappa shape index (κ2) is 9.82. The summed E-state index contributed by atoms with van der Waals surface area (Å²) in [6.07, 6.45) is 1.93. The van der Waals surface area contributed by atoms with Gasteiger partial charge in [0.25, 0.3) is 5.56 Å². The zero-order chi connectivity index (χ0) is 26.3. The molecule has 1 atom stereocenters. The van der Waals surface area contributed by atoms with Gasteiger partial charge in [-0.25, -0.2) is 9.79 Å². The molecule has 0 saturated carbocycles. The Morgan fingerprint density at radius 2 is 1.76 bits per heavy atom. The van der Waals surface area contributed by atoms with E-state index in [9.17, 15) is 9.59 Å². The second-order valence-corrected chi connectivity index (χ2v) is 10.2. The average molecular weight is 512 g/mol. The predicted molar refractivity (Wildman–Crippen MR) is 147 cm³/mol. The van der Waals surface area contributed by atoms with Gasteiger partial charge in [0, 0.05) is 17.1 Å². The third-order valence-corrected chi connectivity index (χ3v) is 7.66. The molecule has 0 fully saturated rings. The molecule has 188 valence electrons. The SMILES string of the molecule is CCOC(=O)C1=C(C)N=c2s/c(=C/c3cc(C)n(-c4ccc(C)cc4)c3C)c(=O)n2C1c1ccccc1. The first-order valence-electron chi connectivity index (χ1n) is 12.3. The van der Waals surface area contributed by atoms with Gasteiger partial charge in [0.15, 0.2) is 4.80 Å². The van der Waals surface area contributed by atoms with Crippen molar-refractivity contribution in [3.05, 3.63) is 120 Å². The highest BCUT2D eigenvalue weighted by Crippen LogP contribution is 2.30. The van der Waals surface area contributed by atoms with Crippen molar-refractivity contribution in [3.63, 3.8) is 0 Å². The van der Waals surface area contributed by atoms with Crippen LogP contribution >= 0.6 is 11.3 Å². The standard InChI is InChI=1S/C30H29N3O3S/c1-6-36-29(35)26-20(4)31-30-33(27(26)22-10-8-7-9-11-22)28(34)25(37-30)17-23-16-19(3)32(21(23)5)24-14-12-18(2)13-15-24/h7-17,27H,6H2,1-5H3/b25-17+. The minimum atomic E-state index is -0.598. The van der Waals surface area contributed by atoms with Crippen molar-refractivity contribution in [3.8, 4) is 5.69 Å². The van der Waals surface area contributed by atoms with Crippen molar-refractivity contribution >= 4 is 23.4 Å². The largest absolute Gasteiger partial charge is 0.463 e. The number of benzene rings is 2. The van der Waals surface area contributed by atoms with Crippen LogP contribution < -0.4 is 14.9 Å². The van der Waals surface area contributed by atoms with Crippen LogP contribution in [0.15, 0.2) is 81.7 Å². The number of nitrogens with zero attached hydrogens (tertiary/aromatic N) is 3. The average Bonchev–Trinajstić information content (AvgIpc) is 3.33. The van der Waals surface area contributed by atoms with Gasteiger partial charge in [0.05, 0.1) is 28.5 Å². The zero-order valence-corrected chi connectivity index (χ0v) is 22.4. The minimum absolute atomic E-state index is 0.174. The number of thiazole rings is 1. The van der Waals surface area contributed by atoms with Crippen LogP contribution in [0.25, 0.3) is 11.8 Å². The van der Waals surface area contributed by atoms with Crippen molar-refractivity contribution in [2.75, 3.05) is 6.61 Å². The number of hydrogen-bond acceptors (Lipinski definition) is 5. The monoisotopic (exact) mass is 511 g/mol. The number of esters is 1. The third-order valence-electron chi connectivity index (χ3n) is 6.68. The maximum atomic E-state index is 13.8. The number of allylic oxidation sites excluding steroid dienone is 1. The summed E-state index contributed by atoms with van der Waals surface area (Å²) in [7, 11) is 0. The van der Waals surface area contributed by atoms with Gasteiger partial charge in [0.2, 0.25) is 0 Å². The fourth-order valence-corrected chi connectivity index (χ4v) is 5.95. The topological polar surface area (TPSA) is 65.6 Å². The molecule has 7 heteroatoms. The summed E-state index contributed by atoms with van der Waals surface area (Å²) in [5.41, 5.74) is 7.02. The molecule has 5 rings (SSSR count). The number of fused-ring (bicyclic) bond motifs is 1. The predicted octanol–water partition coefficient (Wildman–Crippen LogP) is 4.51. The molecule has 4 aromatic rings. The normalized spacial score (nSPS) is 15.5. The van der Waals surface area contributed by atoms with Crippen molar-refractivity contribution in [2.24, 2.45) is 4.99 Å². The summed E-state index contributed by atoms with van der Waals surface area (Å²) >= 11 is 1.34. The Morgan fingerprint density at radius 3 is 2.43 bits per heavy atom. The van der Waals surface area contributed by atoms with E-state index < -0.39 is 12.0 Å². The van der Waals surface area contributed by atoms with Gasteiger partial charge < -0.3 is 9.30 Å². The lowest BCUT2D eigenvalue weighted by Crippen LogP contribution is -2.39. The molecule has 0 N–H and O–H groups in total. The molecule has 3 heterocycles. The number of aromatic nitrogens is 2. The summed E-state index contributed by atoms with van der Waals surface area (Å²) in [5, 5.41) is 0. The van der Waals surface area contributed by atoms with E-state index >= 15 is 0 Å². The number of carbonyl (C=O) groups excluding carboxylic acids is 1. The first kappa shape index (κ1) is 24.7. The first-order valence-corrected chi connectivity index (χ1v) is 13.1. The minimum Gasteiger partial charge on any atom is -0.463 e. The van der Waals surface area contributed by atoms with Gasteiger partial charge >= 0.3 is 5.97 Å². The van der Waals surface area contributed by atoms with E-state index in [1.165, 1.54) is 16.9 Å². The Bertz CT molecular complexity index is 1700. The van der Waals surface area contributed by atoms with Crippen LogP contribution in [-0.4, -0.2) is 21.7 Å². The number of rotatable bonds is 5. The molecule has 0 amide bonds. The first-order chi connectivity index (χ1) is 17.8. The summed E-state index contributed by atoms with van der Waals surface area (Å²) < 4.78 is 9.76. The van der Waals surface area contributed by atoms with E-state index in [1.54, 1.807) is 18.4 Å². The summed E-state index contributed by atoms with van der Waals surface area (Å²) in [6, 6.07) is 19.5. The number of ether oxygens (including phenoxy) is 1. The van der Waals surface area contributed by atoms with Crippen LogP contribution in [-0.2, 0) is 9.53 Å². The molecule has 6 nitrogen and oxygen atoms in total. The number of hydrogen-bond donors (Lipinski definition) is 0. The maximum absolute atomic E-state index is 13.8. The summed E-state index contributed by atoms with van der Waals surface area (Å²) in [6.45, 7) is 10.0. The van der Waals surface area contributed by atoms with Gasteiger partial charge in [-0.2, -0.15) is 0 Å². The molecule has 0 bridgehead atoms. The van der Waals surface area contributed by atoms with Crippen LogP contribution in [0.4, 0.5) is 0 Å². The third kappa shape index (κ3) is 4.40. The van der Waals surface area contributed by atoms with Gasteiger partial charge in [-0.1, -0.05) is 59.4 Å². The lowest BCUT2D eigenvalue weighted by Gasteiger charge is -2.24. The van der Waals surface area contributed by atoms with Crippen molar-refractivity contribution in [1.82, 2.24) is 9.13 Å². The van der Waals surface area contributed by atoms with E-state index in [2.05, 4.69) is 60.7 Å². The van der Waals surface area contributed by atoms with Gasteiger partial charge in [-0.3, -0.25) is 9.36 Å². The van der Waals surface area contributed by atoms with Crippen LogP contribution in [0.5, 0.6) is 0 Å². The molecule has 1 unspecified atom stereocenters. The van der Waals surface area contributed by atoms with Crippen LogP contribution in [0.2, 0.25) is 0 Å². The fraction of sp³-hybridized carbons (Fsp3) is 0.233. The lowest BCUT2D eigenvalue weighted by atomic mass is 9.96. The molecule has 1 aliphatic rings. The molecule has 1 aliphatic heterocycles. The van der Waals surface area contributed by atoms with Crippen molar-refractivity contribution < 1.29 is 9.53 Å². The van der Waals surface area contributed by atoms with Gasteiger partial charge in [0.1, 0.15) is 0 Å². The summed E-state index contributed by atoms with van der Waals surface area (Å²) in [4.78, 5) is 32.1. The molecule has 37 heavy (non-hydrogen) atoms. The number of aryl methyl sites for hydroxylation is 2. The highest BCUT2D eigenvalue weighted by Gasteiger charge is 2.33. The Kier molecular flexibility index (Phi) is 6.56. The molecular formula is C30H29N3O3S. The molecular weight excluding hydrogens is 482 g/mol. The molecule has 0 saturated heterocycles. The quantitative estimate of drug-likeness (QED) is 0.370. The van der Waals surface area contributed by atoms with E-state index in [0.717, 1.165) is 28.2 Å². The molecule has 0 spiro atoms. The lowest BCUT2D eigenvalue weighted by molar-refractivity contribution is -0.139.